The van der Waals surface area contributed by atoms with Gasteiger partial charge in [-0.2, -0.15) is 0 Å². The van der Waals surface area contributed by atoms with Gasteiger partial charge >= 0.3 is 0 Å². The molecule has 29 heavy (non-hydrogen) atoms. The van der Waals surface area contributed by atoms with Gasteiger partial charge in [0.25, 0.3) is 11.8 Å². The summed E-state index contributed by atoms with van der Waals surface area (Å²) in [6, 6.07) is 11.1. The molecule has 0 saturated carbocycles. The van der Waals surface area contributed by atoms with Crippen LogP contribution in [0.15, 0.2) is 52.5 Å². The van der Waals surface area contributed by atoms with E-state index in [1.165, 1.54) is 17.0 Å². The summed E-state index contributed by atoms with van der Waals surface area (Å²) in [6.45, 7) is -0.604. The molecule has 0 unspecified atom stereocenters. The summed E-state index contributed by atoms with van der Waals surface area (Å²) in [4.78, 5) is 37.0. The van der Waals surface area contributed by atoms with E-state index in [0.29, 0.717) is 20.7 Å². The van der Waals surface area contributed by atoms with E-state index in [2.05, 4.69) is 21.2 Å². The van der Waals surface area contributed by atoms with Gasteiger partial charge in [0.1, 0.15) is 17.9 Å². The predicted molar refractivity (Wildman–Crippen MR) is 112 cm³/mol. The van der Waals surface area contributed by atoms with Crippen LogP contribution in [0.4, 0.5) is 5.69 Å². The number of hydrogen-bond acceptors (Lipinski definition) is 6. The first kappa shape index (κ1) is 21.0. The maximum Gasteiger partial charge on any atom is 0.270 e. The van der Waals surface area contributed by atoms with E-state index in [4.69, 9.17) is 28.6 Å². The maximum atomic E-state index is 12.9. The highest BCUT2D eigenvalue weighted by Gasteiger charge is 2.34. The van der Waals surface area contributed by atoms with Crippen LogP contribution in [0.5, 0.6) is 5.75 Å². The number of carboxylic acid groups (broad SMARTS) is 1. The number of rotatable bonds is 5. The van der Waals surface area contributed by atoms with E-state index in [1.807, 2.05) is 0 Å². The summed E-state index contributed by atoms with van der Waals surface area (Å²) >= 11 is 14.3. The lowest BCUT2D eigenvalue weighted by atomic mass is 10.1. The molecule has 2 aromatic rings. The first-order valence-corrected chi connectivity index (χ1v) is 9.63. The van der Waals surface area contributed by atoms with Crippen LogP contribution in [-0.2, 0) is 14.4 Å². The third kappa shape index (κ3) is 4.81. The Morgan fingerprint density at radius 3 is 2.55 bits per heavy atom. The standard InChI is InChI=1S/C19H12BrClN2O5S/c20-14-8-10(1-6-15(14)28-9-16(24)25)7-13-17(26)22-19(29)23(18(13)27)12-4-2-11(21)3-5-12/h1-8H,9H2,(H,24,25)(H,22,26,29)/p-1/b13-7-. The highest BCUT2D eigenvalue weighted by atomic mass is 79.9. The molecule has 0 bridgehead atoms. The average molecular weight is 495 g/mol. The van der Waals surface area contributed by atoms with E-state index in [1.54, 1.807) is 36.4 Å². The molecule has 1 heterocycles. The summed E-state index contributed by atoms with van der Waals surface area (Å²) in [5.41, 5.74) is 0.853. The van der Waals surface area contributed by atoms with Gasteiger partial charge in [-0.05, 0) is 76.2 Å². The second kappa shape index (κ2) is 8.73. The van der Waals surface area contributed by atoms with Gasteiger partial charge in [-0.3, -0.25) is 19.8 Å². The van der Waals surface area contributed by atoms with Gasteiger partial charge in [-0.15, -0.1) is 0 Å². The van der Waals surface area contributed by atoms with E-state index in [9.17, 15) is 19.5 Å². The second-order valence-electron chi connectivity index (χ2n) is 5.78. The van der Waals surface area contributed by atoms with Crippen molar-refractivity contribution in [1.82, 2.24) is 5.32 Å². The van der Waals surface area contributed by atoms with Gasteiger partial charge in [0.2, 0.25) is 0 Å². The van der Waals surface area contributed by atoms with Gasteiger partial charge in [0.05, 0.1) is 16.1 Å². The molecule has 1 aliphatic heterocycles. The molecule has 148 valence electrons. The fraction of sp³-hybridized carbons (Fsp3) is 0.0526. The lowest BCUT2D eigenvalue weighted by Gasteiger charge is -2.29. The number of aliphatic carboxylic acids is 1. The zero-order valence-corrected chi connectivity index (χ0v) is 17.6. The number of anilines is 1. The lowest BCUT2D eigenvalue weighted by molar-refractivity contribution is -0.307. The van der Waals surface area contributed by atoms with Crippen molar-refractivity contribution in [2.45, 2.75) is 0 Å². The Morgan fingerprint density at radius 2 is 1.93 bits per heavy atom. The molecule has 1 N–H and O–H groups in total. The molecule has 1 aliphatic rings. The fourth-order valence-corrected chi connectivity index (χ4v) is 3.43. The van der Waals surface area contributed by atoms with Gasteiger partial charge in [-0.25, -0.2) is 0 Å². The number of thiocarbonyl (C=S) groups is 1. The third-order valence-corrected chi connectivity index (χ3v) is 4.96. The second-order valence-corrected chi connectivity index (χ2v) is 7.46. The molecule has 1 fully saturated rings. The SMILES string of the molecule is O=C([O-])COc1ccc(/C=C2/C(=O)NC(=S)N(c3ccc(Cl)cc3)C2=O)cc1Br. The Hall–Kier alpha value is -2.75. The van der Waals surface area contributed by atoms with Crippen LogP contribution in [0, 0.1) is 0 Å². The molecule has 3 rings (SSSR count). The molecule has 0 spiro atoms. The van der Waals surface area contributed by atoms with E-state index in [-0.39, 0.29) is 16.4 Å². The molecule has 0 aromatic heterocycles. The van der Waals surface area contributed by atoms with E-state index in [0.717, 1.165) is 0 Å². The Balaban J connectivity index is 1.91. The van der Waals surface area contributed by atoms with Gasteiger partial charge in [0, 0.05) is 5.02 Å². The number of ether oxygens (including phenoxy) is 1. The number of hydrogen-bond donors (Lipinski definition) is 1. The van der Waals surface area contributed by atoms with Crippen molar-refractivity contribution in [3.8, 4) is 5.75 Å². The molecule has 1 saturated heterocycles. The van der Waals surface area contributed by atoms with Crippen LogP contribution < -0.4 is 20.1 Å². The minimum Gasteiger partial charge on any atom is -0.546 e. The zero-order valence-electron chi connectivity index (χ0n) is 14.5. The molecular formula is C19H11BrClN2O5S-. The minimum atomic E-state index is -1.36. The van der Waals surface area contributed by atoms with Crippen molar-refractivity contribution in [2.75, 3.05) is 11.5 Å². The van der Waals surface area contributed by atoms with Crippen molar-refractivity contribution in [3.05, 3.63) is 63.1 Å². The van der Waals surface area contributed by atoms with Crippen LogP contribution in [0.2, 0.25) is 5.02 Å². The van der Waals surface area contributed by atoms with Crippen molar-refractivity contribution in [3.63, 3.8) is 0 Å². The molecule has 2 amide bonds. The molecule has 0 aliphatic carbocycles. The maximum absolute atomic E-state index is 12.9. The van der Waals surface area contributed by atoms with E-state index >= 15 is 0 Å². The predicted octanol–water partition coefficient (Wildman–Crippen LogP) is 2.06. The minimum absolute atomic E-state index is 0.0355. The quantitative estimate of drug-likeness (QED) is 0.388. The Morgan fingerprint density at radius 1 is 1.24 bits per heavy atom. The van der Waals surface area contributed by atoms with Crippen LogP contribution in [0.25, 0.3) is 6.08 Å². The molecule has 0 atom stereocenters. The van der Waals surface area contributed by atoms with Crippen molar-refractivity contribution >= 4 is 74.4 Å². The summed E-state index contributed by atoms with van der Waals surface area (Å²) in [7, 11) is 0. The zero-order chi connectivity index (χ0) is 21.1. The number of carbonyl (C=O) groups excluding carboxylic acids is 3. The summed E-state index contributed by atoms with van der Waals surface area (Å²) in [5.74, 6) is -2.29. The topological polar surface area (TPSA) is 98.8 Å². The smallest absolute Gasteiger partial charge is 0.270 e. The molecule has 2 aromatic carbocycles. The van der Waals surface area contributed by atoms with Crippen molar-refractivity contribution in [1.29, 1.82) is 0 Å². The summed E-state index contributed by atoms with van der Waals surface area (Å²) in [6.07, 6.45) is 1.40. The van der Waals surface area contributed by atoms with Gasteiger partial charge < -0.3 is 14.6 Å². The highest BCUT2D eigenvalue weighted by molar-refractivity contribution is 9.10. The first-order chi connectivity index (χ1) is 13.8. The third-order valence-electron chi connectivity index (χ3n) is 3.80. The van der Waals surface area contributed by atoms with Crippen LogP contribution in [0.1, 0.15) is 5.56 Å². The normalized spacial score (nSPS) is 15.4. The number of halogens is 2. The van der Waals surface area contributed by atoms with Crippen LogP contribution in [0.3, 0.4) is 0 Å². The fourth-order valence-electron chi connectivity index (χ4n) is 2.51. The number of amides is 2. The Bertz CT molecular complexity index is 1060. The van der Waals surface area contributed by atoms with E-state index < -0.39 is 24.4 Å². The number of nitrogens with zero attached hydrogens (tertiary/aromatic N) is 1. The molecular weight excluding hydrogens is 484 g/mol. The molecule has 0 radical (unpaired) electrons. The number of nitrogens with one attached hydrogen (secondary N) is 1. The van der Waals surface area contributed by atoms with Gasteiger partial charge in [-0.1, -0.05) is 17.7 Å². The largest absolute Gasteiger partial charge is 0.546 e. The molecule has 10 heteroatoms. The van der Waals surface area contributed by atoms with Crippen molar-refractivity contribution in [2.24, 2.45) is 0 Å². The number of carbonyl (C=O) groups is 3. The van der Waals surface area contributed by atoms with Crippen LogP contribution in [-0.4, -0.2) is 29.5 Å². The summed E-state index contributed by atoms with van der Waals surface area (Å²) < 4.78 is 5.52. The van der Waals surface area contributed by atoms with Crippen molar-refractivity contribution < 1.29 is 24.2 Å². The van der Waals surface area contributed by atoms with Gasteiger partial charge in [0.15, 0.2) is 5.11 Å². The number of carboxylic acids is 1. The summed E-state index contributed by atoms with van der Waals surface area (Å²) in [5, 5.41) is 13.5. The average Bonchev–Trinajstić information content (AvgIpc) is 2.65. The highest BCUT2D eigenvalue weighted by Crippen LogP contribution is 2.28. The number of benzene rings is 2. The molecule has 7 nitrogen and oxygen atoms in total. The monoisotopic (exact) mass is 493 g/mol. The first-order valence-electron chi connectivity index (χ1n) is 8.05. The van der Waals surface area contributed by atoms with Crippen LogP contribution >= 0.6 is 39.7 Å². The Labute approximate surface area is 184 Å². The lowest BCUT2D eigenvalue weighted by Crippen LogP contribution is -2.54. The Kier molecular flexibility index (Phi) is 6.31.